The molecule has 1 aromatic heterocycles. The molecule has 6 nitrogen and oxygen atoms in total. The monoisotopic (exact) mass is 388 g/mol. The normalized spacial score (nSPS) is 21.1. The lowest BCUT2D eigenvalue weighted by atomic mass is 9.99. The van der Waals surface area contributed by atoms with Crippen LogP contribution in [0.3, 0.4) is 0 Å². The van der Waals surface area contributed by atoms with Crippen LogP contribution in [-0.4, -0.2) is 42.8 Å². The number of sulfonamides is 1. The van der Waals surface area contributed by atoms with Crippen LogP contribution in [0.15, 0.2) is 6.07 Å². The van der Waals surface area contributed by atoms with Gasteiger partial charge in [0.1, 0.15) is 11.8 Å². The highest BCUT2D eigenvalue weighted by Gasteiger charge is 2.34. The molecule has 2 atom stereocenters. The van der Waals surface area contributed by atoms with E-state index in [0.717, 1.165) is 43.7 Å². The molecule has 0 saturated carbocycles. The zero-order valence-corrected chi connectivity index (χ0v) is 17.1. The molecule has 1 aromatic rings. The third-order valence-electron chi connectivity index (χ3n) is 5.04. The number of nitrogens with one attached hydrogen (secondary N) is 1. The fraction of sp³-hybridized carbons (Fsp3) is 0.706. The van der Waals surface area contributed by atoms with Gasteiger partial charge >= 0.3 is 0 Å². The van der Waals surface area contributed by atoms with Gasteiger partial charge in [-0.15, -0.1) is 12.4 Å². The standard InChI is InChI=1S/C17H28N4O2S.ClH/c1-5-7-14-10-21(12-17(14)19-24(22,23)6-2)11-15-8-16(9-18)20(4)13(15)3;/h8,14,17,19H,5-7,10-12H2,1-4H3;1H/t14-,17-;/m0./s1. The number of aromatic nitrogens is 1. The summed E-state index contributed by atoms with van der Waals surface area (Å²) in [6, 6.07) is 4.13. The lowest BCUT2D eigenvalue weighted by Gasteiger charge is -2.18. The van der Waals surface area contributed by atoms with Crippen molar-refractivity contribution >= 4 is 22.4 Å². The van der Waals surface area contributed by atoms with Gasteiger partial charge in [-0.3, -0.25) is 4.90 Å². The maximum Gasteiger partial charge on any atom is 0.211 e. The molecule has 2 heterocycles. The van der Waals surface area contributed by atoms with Crippen LogP contribution in [0.5, 0.6) is 0 Å². The maximum atomic E-state index is 11.9. The van der Waals surface area contributed by atoms with Crippen molar-refractivity contribution < 1.29 is 8.42 Å². The topological polar surface area (TPSA) is 78.1 Å². The summed E-state index contributed by atoms with van der Waals surface area (Å²) < 4.78 is 28.7. The van der Waals surface area contributed by atoms with E-state index in [2.05, 4.69) is 22.6 Å². The Bertz CT molecular complexity index is 724. The van der Waals surface area contributed by atoms with Gasteiger partial charge in [-0.2, -0.15) is 5.26 Å². The minimum absolute atomic E-state index is 0. The summed E-state index contributed by atoms with van der Waals surface area (Å²) in [6.07, 6.45) is 2.07. The summed E-state index contributed by atoms with van der Waals surface area (Å²) in [4.78, 5) is 2.30. The molecule has 0 amide bonds. The first-order valence-corrected chi connectivity index (χ1v) is 10.2. The number of nitriles is 1. The first-order chi connectivity index (χ1) is 11.3. The molecule has 1 aliphatic rings. The highest BCUT2D eigenvalue weighted by atomic mass is 35.5. The van der Waals surface area contributed by atoms with Gasteiger partial charge in [-0.25, -0.2) is 13.1 Å². The van der Waals surface area contributed by atoms with E-state index in [4.69, 9.17) is 5.26 Å². The summed E-state index contributed by atoms with van der Waals surface area (Å²) in [5.74, 6) is 0.460. The van der Waals surface area contributed by atoms with E-state index in [1.807, 2.05) is 24.6 Å². The summed E-state index contributed by atoms with van der Waals surface area (Å²) in [5, 5.41) is 9.16. The summed E-state index contributed by atoms with van der Waals surface area (Å²) >= 11 is 0. The maximum absolute atomic E-state index is 11.9. The predicted molar refractivity (Wildman–Crippen MR) is 102 cm³/mol. The largest absolute Gasteiger partial charge is 0.340 e. The van der Waals surface area contributed by atoms with Crippen LogP contribution in [0.1, 0.15) is 43.6 Å². The van der Waals surface area contributed by atoms with Crippen LogP contribution in [0.4, 0.5) is 0 Å². The van der Waals surface area contributed by atoms with E-state index < -0.39 is 10.0 Å². The molecule has 8 heteroatoms. The Balaban J connectivity index is 0.00000312. The molecule has 1 aliphatic heterocycles. The van der Waals surface area contributed by atoms with Gasteiger partial charge < -0.3 is 4.57 Å². The number of hydrogen-bond donors (Lipinski definition) is 1. The molecule has 0 spiro atoms. The van der Waals surface area contributed by atoms with Crippen LogP contribution in [-0.2, 0) is 23.6 Å². The van der Waals surface area contributed by atoms with Crippen molar-refractivity contribution in [3.63, 3.8) is 0 Å². The Kier molecular flexibility index (Phi) is 7.94. The van der Waals surface area contributed by atoms with Gasteiger partial charge in [-0.05, 0) is 37.8 Å². The summed E-state index contributed by atoms with van der Waals surface area (Å²) in [7, 11) is -1.29. The average Bonchev–Trinajstić information content (AvgIpc) is 3.03. The molecule has 0 aromatic carbocycles. The second-order valence-electron chi connectivity index (χ2n) is 6.68. The Morgan fingerprint density at radius 3 is 2.56 bits per heavy atom. The number of hydrogen-bond acceptors (Lipinski definition) is 4. The molecular weight excluding hydrogens is 360 g/mol. The average molecular weight is 389 g/mol. The molecule has 0 bridgehead atoms. The number of halogens is 1. The molecule has 25 heavy (non-hydrogen) atoms. The molecule has 1 saturated heterocycles. The third kappa shape index (κ3) is 5.20. The zero-order valence-electron chi connectivity index (χ0n) is 15.4. The molecule has 0 radical (unpaired) electrons. The first kappa shape index (κ1) is 22.0. The lowest BCUT2D eigenvalue weighted by molar-refractivity contribution is 0.311. The molecule has 1 fully saturated rings. The summed E-state index contributed by atoms with van der Waals surface area (Å²) in [6.45, 7) is 8.19. The highest BCUT2D eigenvalue weighted by Crippen LogP contribution is 2.25. The van der Waals surface area contributed by atoms with Crippen molar-refractivity contribution in [1.29, 1.82) is 5.26 Å². The highest BCUT2D eigenvalue weighted by molar-refractivity contribution is 7.89. The van der Waals surface area contributed by atoms with Gasteiger partial charge in [0, 0.05) is 38.4 Å². The fourth-order valence-corrected chi connectivity index (χ4v) is 4.37. The summed E-state index contributed by atoms with van der Waals surface area (Å²) in [5.41, 5.74) is 2.90. The van der Waals surface area contributed by atoms with Gasteiger partial charge in [0.25, 0.3) is 0 Å². The molecule has 142 valence electrons. The minimum Gasteiger partial charge on any atom is -0.340 e. The molecule has 0 aliphatic carbocycles. The van der Waals surface area contributed by atoms with Crippen molar-refractivity contribution in [1.82, 2.24) is 14.2 Å². The van der Waals surface area contributed by atoms with Crippen LogP contribution in [0.25, 0.3) is 0 Å². The number of rotatable bonds is 7. The second-order valence-corrected chi connectivity index (χ2v) is 8.72. The SMILES string of the molecule is CCC[C@H]1CN(Cc2cc(C#N)n(C)c2C)C[C@@H]1NS(=O)(=O)CC.Cl. The van der Waals surface area contributed by atoms with E-state index >= 15 is 0 Å². The van der Waals surface area contributed by atoms with E-state index in [1.165, 1.54) is 0 Å². The predicted octanol–water partition coefficient (Wildman–Crippen LogP) is 2.17. The van der Waals surface area contributed by atoms with Crippen molar-refractivity contribution in [2.75, 3.05) is 18.8 Å². The Morgan fingerprint density at radius 1 is 1.36 bits per heavy atom. The van der Waals surface area contributed by atoms with Crippen molar-refractivity contribution in [3.8, 4) is 6.07 Å². The molecule has 2 rings (SSSR count). The second kappa shape index (κ2) is 9.04. The Labute approximate surface area is 157 Å². The lowest BCUT2D eigenvalue weighted by Crippen LogP contribution is -2.41. The first-order valence-electron chi connectivity index (χ1n) is 8.58. The third-order valence-corrected chi connectivity index (χ3v) is 6.46. The van der Waals surface area contributed by atoms with Crippen LogP contribution in [0, 0.1) is 24.2 Å². The van der Waals surface area contributed by atoms with Crippen LogP contribution in [0.2, 0.25) is 0 Å². The van der Waals surface area contributed by atoms with E-state index in [9.17, 15) is 8.42 Å². The Hall–Kier alpha value is -1.07. The molecular formula is C17H29ClN4O2S. The van der Waals surface area contributed by atoms with Gasteiger partial charge in [0.2, 0.25) is 10.0 Å². The molecule has 0 unspecified atom stereocenters. The van der Waals surface area contributed by atoms with Crippen molar-refractivity contribution in [2.24, 2.45) is 13.0 Å². The van der Waals surface area contributed by atoms with E-state index in [1.54, 1.807) is 6.92 Å². The van der Waals surface area contributed by atoms with Crippen LogP contribution >= 0.6 is 12.4 Å². The van der Waals surface area contributed by atoms with Gasteiger partial charge in [0.05, 0.1) is 5.75 Å². The molecule has 1 N–H and O–H groups in total. The number of nitrogens with zero attached hydrogens (tertiary/aromatic N) is 3. The van der Waals surface area contributed by atoms with Gasteiger partial charge in [0.15, 0.2) is 0 Å². The quantitative estimate of drug-likeness (QED) is 0.776. The Morgan fingerprint density at radius 2 is 2.04 bits per heavy atom. The zero-order chi connectivity index (χ0) is 17.9. The van der Waals surface area contributed by atoms with Crippen molar-refractivity contribution in [2.45, 2.75) is 46.2 Å². The van der Waals surface area contributed by atoms with E-state index in [-0.39, 0.29) is 24.2 Å². The smallest absolute Gasteiger partial charge is 0.211 e. The van der Waals surface area contributed by atoms with Crippen LogP contribution < -0.4 is 4.72 Å². The number of likely N-dealkylation sites (tertiary alicyclic amines) is 1. The van der Waals surface area contributed by atoms with Crippen molar-refractivity contribution in [3.05, 3.63) is 23.0 Å². The minimum atomic E-state index is -3.19. The fourth-order valence-electron chi connectivity index (χ4n) is 3.47. The van der Waals surface area contributed by atoms with Gasteiger partial charge in [-0.1, -0.05) is 13.3 Å². The van der Waals surface area contributed by atoms with E-state index in [0.29, 0.717) is 11.6 Å².